The SMILES string of the molecule is c1ccc(-n2c3ccccc3c3c(-c4ccc(N(c5cccc6c5-c5ccccc5C65c6ccccc6-c6ccccc65)c5cccc6c5c5ccccc5n6-c5ccccc5)cc4)cccc32)cc1. The standard InChI is InChI=1S/C67H43N3/c1-3-20-45(21-4-1)68-58-34-15-10-27-52(58)64-48(29-17-36-60(64)68)44-40-42-47(43-41-44)70(63-39-19-38-62-66(63)53-28-11-16-35-59(53)69(62)46-22-5-2-6-23-46)61-37-18-33-57-65(61)51-26-9-14-32-56(51)67(57)54-30-12-7-24-49(54)50-25-8-13-31-55(50)67/h1-43H. The van der Waals surface area contributed by atoms with Gasteiger partial charge in [-0.2, -0.15) is 0 Å². The van der Waals surface area contributed by atoms with E-state index in [9.17, 15) is 0 Å². The number of anilines is 3. The predicted molar refractivity (Wildman–Crippen MR) is 292 cm³/mol. The molecule has 13 aromatic rings. The van der Waals surface area contributed by atoms with Crippen LogP contribution < -0.4 is 4.90 Å². The van der Waals surface area contributed by atoms with Crippen LogP contribution in [0.3, 0.4) is 0 Å². The van der Waals surface area contributed by atoms with Crippen LogP contribution in [0.25, 0.3) is 88.4 Å². The molecule has 0 bridgehead atoms. The first-order valence-corrected chi connectivity index (χ1v) is 24.3. The fraction of sp³-hybridized carbons (Fsp3) is 0.0149. The van der Waals surface area contributed by atoms with Crippen molar-refractivity contribution >= 4 is 60.7 Å². The Morgan fingerprint density at radius 2 is 0.714 bits per heavy atom. The quantitative estimate of drug-likeness (QED) is 0.162. The highest BCUT2D eigenvalue weighted by atomic mass is 15.2. The number of aromatic nitrogens is 2. The van der Waals surface area contributed by atoms with E-state index in [1.165, 1.54) is 93.7 Å². The highest BCUT2D eigenvalue weighted by molar-refractivity contribution is 6.18. The van der Waals surface area contributed by atoms with Crippen molar-refractivity contribution in [1.82, 2.24) is 9.13 Å². The summed E-state index contributed by atoms with van der Waals surface area (Å²) in [7, 11) is 0. The summed E-state index contributed by atoms with van der Waals surface area (Å²) >= 11 is 0. The van der Waals surface area contributed by atoms with Crippen molar-refractivity contribution in [2.75, 3.05) is 4.90 Å². The molecule has 15 rings (SSSR count). The van der Waals surface area contributed by atoms with Crippen molar-refractivity contribution in [3.8, 4) is 44.8 Å². The zero-order valence-electron chi connectivity index (χ0n) is 38.2. The molecule has 2 aliphatic carbocycles. The summed E-state index contributed by atoms with van der Waals surface area (Å²) in [4.78, 5) is 2.55. The van der Waals surface area contributed by atoms with Gasteiger partial charge in [0.05, 0.1) is 38.9 Å². The van der Waals surface area contributed by atoms with E-state index >= 15 is 0 Å². The Kier molecular flexibility index (Phi) is 8.28. The molecule has 3 nitrogen and oxygen atoms in total. The van der Waals surface area contributed by atoms with Crippen LogP contribution in [0.15, 0.2) is 261 Å². The molecule has 0 amide bonds. The molecule has 0 N–H and O–H groups in total. The lowest BCUT2D eigenvalue weighted by Crippen LogP contribution is -2.26. The topological polar surface area (TPSA) is 13.1 Å². The number of hydrogen-bond donors (Lipinski definition) is 0. The highest BCUT2D eigenvalue weighted by Gasteiger charge is 2.52. The Bertz CT molecular complexity index is 4190. The number of nitrogens with zero attached hydrogens (tertiary/aromatic N) is 3. The largest absolute Gasteiger partial charge is 0.309 e. The second-order valence-corrected chi connectivity index (χ2v) is 18.7. The lowest BCUT2D eigenvalue weighted by atomic mass is 9.70. The van der Waals surface area contributed by atoms with Crippen molar-refractivity contribution in [2.45, 2.75) is 5.41 Å². The number of hydrogen-bond acceptors (Lipinski definition) is 1. The molecule has 11 aromatic carbocycles. The first kappa shape index (κ1) is 38.9. The summed E-state index contributed by atoms with van der Waals surface area (Å²) in [6.07, 6.45) is 0. The molecular formula is C67H43N3. The van der Waals surface area contributed by atoms with Gasteiger partial charge in [-0.25, -0.2) is 0 Å². The minimum absolute atomic E-state index is 0.475. The van der Waals surface area contributed by atoms with Crippen LogP contribution in [0, 0.1) is 0 Å². The molecule has 70 heavy (non-hydrogen) atoms. The normalized spacial score (nSPS) is 13.0. The van der Waals surface area contributed by atoms with E-state index in [-0.39, 0.29) is 0 Å². The molecule has 0 atom stereocenters. The van der Waals surface area contributed by atoms with E-state index in [1.54, 1.807) is 0 Å². The van der Waals surface area contributed by atoms with Gasteiger partial charge in [0.1, 0.15) is 0 Å². The van der Waals surface area contributed by atoms with E-state index in [0.717, 1.165) is 34.0 Å². The molecule has 1 spiro atoms. The third-order valence-corrected chi connectivity index (χ3v) is 15.3. The highest BCUT2D eigenvalue weighted by Crippen LogP contribution is 2.65. The van der Waals surface area contributed by atoms with Crippen molar-refractivity contribution in [3.63, 3.8) is 0 Å². The Morgan fingerprint density at radius 3 is 1.34 bits per heavy atom. The second-order valence-electron chi connectivity index (χ2n) is 18.7. The zero-order chi connectivity index (χ0) is 45.9. The van der Waals surface area contributed by atoms with Gasteiger partial charge in [0, 0.05) is 44.2 Å². The van der Waals surface area contributed by atoms with Crippen LogP contribution in [0.4, 0.5) is 17.1 Å². The Hall–Kier alpha value is -9.18. The average molecular weight is 890 g/mol. The predicted octanol–water partition coefficient (Wildman–Crippen LogP) is 17.4. The third-order valence-electron chi connectivity index (χ3n) is 15.3. The van der Waals surface area contributed by atoms with E-state index in [0.29, 0.717) is 0 Å². The fourth-order valence-corrected chi connectivity index (χ4v) is 12.7. The minimum atomic E-state index is -0.475. The Balaban J connectivity index is 1.00. The van der Waals surface area contributed by atoms with Gasteiger partial charge in [-0.05, 0) is 123 Å². The molecule has 0 fully saturated rings. The van der Waals surface area contributed by atoms with E-state index < -0.39 is 5.41 Å². The van der Waals surface area contributed by atoms with E-state index in [1.807, 2.05) is 0 Å². The first-order valence-electron chi connectivity index (χ1n) is 24.3. The summed E-state index contributed by atoms with van der Waals surface area (Å²) in [6.45, 7) is 0. The monoisotopic (exact) mass is 889 g/mol. The van der Waals surface area contributed by atoms with Crippen LogP contribution in [-0.2, 0) is 5.41 Å². The maximum absolute atomic E-state index is 2.55. The molecule has 3 heteroatoms. The van der Waals surface area contributed by atoms with Crippen LogP contribution in [0.5, 0.6) is 0 Å². The van der Waals surface area contributed by atoms with Gasteiger partial charge in [0.15, 0.2) is 0 Å². The van der Waals surface area contributed by atoms with Gasteiger partial charge in [0.2, 0.25) is 0 Å². The molecule has 0 aliphatic heterocycles. The first-order chi connectivity index (χ1) is 34.8. The van der Waals surface area contributed by atoms with Gasteiger partial charge in [-0.3, -0.25) is 0 Å². The van der Waals surface area contributed by atoms with Crippen molar-refractivity contribution in [1.29, 1.82) is 0 Å². The van der Waals surface area contributed by atoms with Gasteiger partial charge in [0.25, 0.3) is 0 Å². The lowest BCUT2D eigenvalue weighted by molar-refractivity contribution is 0.794. The molecule has 0 radical (unpaired) electrons. The van der Waals surface area contributed by atoms with Gasteiger partial charge >= 0.3 is 0 Å². The van der Waals surface area contributed by atoms with E-state index in [4.69, 9.17) is 0 Å². The maximum atomic E-state index is 2.55. The van der Waals surface area contributed by atoms with Crippen molar-refractivity contribution < 1.29 is 0 Å². The fourth-order valence-electron chi connectivity index (χ4n) is 12.7. The zero-order valence-corrected chi connectivity index (χ0v) is 38.2. The van der Waals surface area contributed by atoms with Crippen LogP contribution in [-0.4, -0.2) is 9.13 Å². The summed E-state index contributed by atoms with van der Waals surface area (Å²) < 4.78 is 4.83. The molecule has 0 saturated heterocycles. The maximum Gasteiger partial charge on any atom is 0.0726 e. The molecule has 2 aliphatic rings. The van der Waals surface area contributed by atoms with Crippen LogP contribution in [0.1, 0.15) is 22.3 Å². The molecule has 326 valence electrons. The molecular weight excluding hydrogens is 847 g/mol. The number of benzene rings is 11. The number of rotatable bonds is 6. The lowest BCUT2D eigenvalue weighted by Gasteiger charge is -2.32. The Morgan fingerprint density at radius 1 is 0.286 bits per heavy atom. The van der Waals surface area contributed by atoms with Crippen LogP contribution in [0.2, 0.25) is 0 Å². The summed E-state index contributed by atoms with van der Waals surface area (Å²) in [6, 6.07) is 96.5. The molecule has 0 saturated carbocycles. The molecule has 0 unspecified atom stereocenters. The van der Waals surface area contributed by atoms with Gasteiger partial charge in [-0.1, -0.05) is 188 Å². The molecule has 2 aromatic heterocycles. The summed E-state index contributed by atoms with van der Waals surface area (Å²) in [5.41, 5.74) is 22.8. The smallest absolute Gasteiger partial charge is 0.0726 e. The Labute approximate surface area is 406 Å². The average Bonchev–Trinajstić information content (AvgIpc) is 4.15. The minimum Gasteiger partial charge on any atom is -0.309 e. The number of fused-ring (bicyclic) bond motifs is 16. The third kappa shape index (κ3) is 5.23. The van der Waals surface area contributed by atoms with Crippen molar-refractivity contribution in [2.24, 2.45) is 0 Å². The summed E-state index contributed by atoms with van der Waals surface area (Å²) in [5.74, 6) is 0. The molecule has 2 heterocycles. The van der Waals surface area contributed by atoms with E-state index in [2.05, 4.69) is 275 Å². The number of para-hydroxylation sites is 4. The van der Waals surface area contributed by atoms with Gasteiger partial charge < -0.3 is 14.0 Å². The second kappa shape index (κ2) is 14.9. The van der Waals surface area contributed by atoms with Crippen LogP contribution >= 0.6 is 0 Å². The van der Waals surface area contributed by atoms with Crippen molar-refractivity contribution in [3.05, 3.63) is 283 Å². The summed E-state index contributed by atoms with van der Waals surface area (Å²) in [5, 5.41) is 4.92. The van der Waals surface area contributed by atoms with Gasteiger partial charge in [-0.15, -0.1) is 0 Å².